The number of allylic oxidation sites excluding steroid dienone is 2. The largest absolute Gasteiger partial charge is 0.462 e. The fourth-order valence-corrected chi connectivity index (χ4v) is 3.24. The first-order valence-electron chi connectivity index (χ1n) is 9.43. The zero-order chi connectivity index (χ0) is 23.6. The zero-order valence-corrected chi connectivity index (χ0v) is 17.9. The number of carbonyl (C=O) groups is 1. The lowest BCUT2D eigenvalue weighted by atomic mass is 9.79. The van der Waals surface area contributed by atoms with Crippen LogP contribution < -0.4 is 5.32 Å². The summed E-state index contributed by atoms with van der Waals surface area (Å²) in [5.41, 5.74) is -1.90. The number of hydrogen-bond acceptors (Lipinski definition) is 5. The lowest BCUT2D eigenvalue weighted by molar-refractivity contribution is -0.143. The molecule has 0 saturated carbocycles. The molecule has 1 aromatic rings. The summed E-state index contributed by atoms with van der Waals surface area (Å²) in [7, 11) is 1.36. The van der Waals surface area contributed by atoms with Gasteiger partial charge < -0.3 is 14.8 Å². The Morgan fingerprint density at radius 1 is 1.26 bits per heavy atom. The molecular weight excluding hydrogens is 416 g/mol. The van der Waals surface area contributed by atoms with Gasteiger partial charge in [0.05, 0.1) is 47.6 Å². The summed E-state index contributed by atoms with van der Waals surface area (Å²) < 4.78 is 65.4. The molecule has 0 aliphatic carbocycles. The van der Waals surface area contributed by atoms with Crippen molar-refractivity contribution >= 4 is 5.97 Å². The summed E-state index contributed by atoms with van der Waals surface area (Å²) in [5, 5.41) is 12.6. The van der Waals surface area contributed by atoms with Crippen molar-refractivity contribution in [1.29, 1.82) is 5.26 Å². The van der Waals surface area contributed by atoms with Crippen LogP contribution in [0.5, 0.6) is 0 Å². The molecule has 1 unspecified atom stereocenters. The second-order valence-corrected chi connectivity index (χ2v) is 8.40. The second-order valence-electron chi connectivity index (χ2n) is 8.40. The van der Waals surface area contributed by atoms with Crippen LogP contribution in [0.1, 0.15) is 44.7 Å². The molecule has 5 nitrogen and oxygen atoms in total. The number of methoxy groups -OCH3 is 1. The second kappa shape index (κ2) is 9.10. The molecule has 1 N–H and O–H groups in total. The number of nitriles is 1. The molecule has 0 bridgehead atoms. The minimum atomic E-state index is -4.90. The number of nitrogens with one attached hydrogen (secondary N) is 1. The third-order valence-electron chi connectivity index (χ3n) is 4.54. The Morgan fingerprint density at radius 2 is 1.90 bits per heavy atom. The van der Waals surface area contributed by atoms with Gasteiger partial charge in [-0.15, -0.1) is 0 Å². The molecule has 1 aromatic carbocycles. The number of hydrogen-bond donors (Lipinski definition) is 1. The zero-order valence-electron chi connectivity index (χ0n) is 17.9. The van der Waals surface area contributed by atoms with Crippen LogP contribution in [0, 0.1) is 22.6 Å². The maximum Gasteiger partial charge on any atom is 0.416 e. The molecular formula is C22H24F4N2O3. The van der Waals surface area contributed by atoms with Crippen molar-refractivity contribution in [1.82, 2.24) is 5.32 Å². The Kier molecular flexibility index (Phi) is 7.17. The molecule has 0 aromatic heterocycles. The Balaban J connectivity index is 2.76. The molecule has 0 spiro atoms. The summed E-state index contributed by atoms with van der Waals surface area (Å²) in [6.45, 7) is 6.86. The van der Waals surface area contributed by atoms with Crippen molar-refractivity contribution in [3.05, 3.63) is 57.7 Å². The van der Waals surface area contributed by atoms with Crippen molar-refractivity contribution in [2.24, 2.45) is 5.41 Å². The fourth-order valence-electron chi connectivity index (χ4n) is 3.24. The Labute approximate surface area is 178 Å². The minimum absolute atomic E-state index is 0.00243. The number of benzene rings is 1. The molecule has 1 heterocycles. The maximum atomic E-state index is 13.8. The number of rotatable bonds is 5. The van der Waals surface area contributed by atoms with Crippen LogP contribution in [-0.4, -0.2) is 26.3 Å². The van der Waals surface area contributed by atoms with Crippen molar-refractivity contribution < 1.29 is 31.8 Å². The van der Waals surface area contributed by atoms with Gasteiger partial charge in [-0.05, 0) is 30.0 Å². The molecule has 1 aliphatic heterocycles. The van der Waals surface area contributed by atoms with Gasteiger partial charge in [0.25, 0.3) is 0 Å². The van der Waals surface area contributed by atoms with Crippen LogP contribution in [-0.2, 0) is 20.4 Å². The summed E-state index contributed by atoms with van der Waals surface area (Å²) >= 11 is 0. The van der Waals surface area contributed by atoms with E-state index >= 15 is 0 Å². The highest BCUT2D eigenvalue weighted by atomic mass is 19.4. The first kappa shape index (κ1) is 24.4. The number of ether oxygens (including phenoxy) is 2. The molecule has 31 heavy (non-hydrogen) atoms. The molecule has 0 amide bonds. The van der Waals surface area contributed by atoms with Gasteiger partial charge in [-0.2, -0.15) is 18.4 Å². The summed E-state index contributed by atoms with van der Waals surface area (Å²) in [6.07, 6.45) is -4.90. The average Bonchev–Trinajstić information content (AvgIpc) is 2.64. The van der Waals surface area contributed by atoms with Gasteiger partial charge in [0.1, 0.15) is 5.82 Å². The van der Waals surface area contributed by atoms with Crippen LogP contribution in [0.15, 0.2) is 40.7 Å². The molecule has 0 saturated heterocycles. The van der Waals surface area contributed by atoms with E-state index in [4.69, 9.17) is 9.47 Å². The standard InChI is InChI=1S/C22H24F4N2O3/c1-12-15(9-27)18(14-7-6-13(23)8-16(14)22(24,25)26)19(17(28-12)10-30-5)20(29)31-11-21(2,3)4/h6-8,18,28H,10-11H2,1-5H3. The number of carbonyl (C=O) groups excluding carboxylic acids is 1. The molecule has 1 aliphatic rings. The van der Waals surface area contributed by atoms with Crippen LogP contribution in [0.3, 0.4) is 0 Å². The van der Waals surface area contributed by atoms with E-state index in [-0.39, 0.29) is 35.8 Å². The lowest BCUT2D eigenvalue weighted by Crippen LogP contribution is -2.33. The third-order valence-corrected chi connectivity index (χ3v) is 4.54. The maximum absolute atomic E-state index is 13.8. The summed E-state index contributed by atoms with van der Waals surface area (Å²) in [4.78, 5) is 13.0. The molecule has 1 atom stereocenters. The SMILES string of the molecule is COCC1=C(C(=O)OCC(C)(C)C)C(c2ccc(F)cc2C(F)(F)F)C(C#N)=C(C)N1. The van der Waals surface area contributed by atoms with E-state index in [1.54, 1.807) is 0 Å². The smallest absolute Gasteiger partial charge is 0.416 e. The molecule has 2 rings (SSSR count). The van der Waals surface area contributed by atoms with E-state index in [1.165, 1.54) is 14.0 Å². The Morgan fingerprint density at radius 3 is 2.42 bits per heavy atom. The monoisotopic (exact) mass is 440 g/mol. The van der Waals surface area contributed by atoms with Gasteiger partial charge in [-0.1, -0.05) is 26.8 Å². The van der Waals surface area contributed by atoms with Gasteiger partial charge in [0, 0.05) is 12.8 Å². The van der Waals surface area contributed by atoms with E-state index in [9.17, 15) is 27.6 Å². The number of nitrogens with zero attached hydrogens (tertiary/aromatic N) is 1. The topological polar surface area (TPSA) is 71.3 Å². The minimum Gasteiger partial charge on any atom is -0.462 e. The van der Waals surface area contributed by atoms with Crippen LogP contribution in [0.4, 0.5) is 17.6 Å². The molecule has 0 radical (unpaired) electrons. The highest BCUT2D eigenvalue weighted by Gasteiger charge is 2.42. The van der Waals surface area contributed by atoms with Crippen molar-refractivity contribution in [3.8, 4) is 6.07 Å². The van der Waals surface area contributed by atoms with Gasteiger partial charge in [-0.25, -0.2) is 9.18 Å². The Bertz CT molecular complexity index is 966. The number of halogens is 4. The summed E-state index contributed by atoms with van der Waals surface area (Å²) in [6, 6.07) is 4.06. The van der Waals surface area contributed by atoms with Crippen molar-refractivity contribution in [2.45, 2.75) is 39.8 Å². The van der Waals surface area contributed by atoms with Gasteiger partial charge >= 0.3 is 12.1 Å². The van der Waals surface area contributed by atoms with Crippen molar-refractivity contribution in [2.75, 3.05) is 20.3 Å². The van der Waals surface area contributed by atoms with Crippen LogP contribution in [0.25, 0.3) is 0 Å². The Hall–Kier alpha value is -2.86. The van der Waals surface area contributed by atoms with E-state index in [2.05, 4.69) is 5.32 Å². The first-order valence-corrected chi connectivity index (χ1v) is 9.43. The lowest BCUT2D eigenvalue weighted by Gasteiger charge is -2.31. The quantitative estimate of drug-likeness (QED) is 0.525. The van der Waals surface area contributed by atoms with Gasteiger partial charge in [-0.3, -0.25) is 0 Å². The molecule has 9 heteroatoms. The van der Waals surface area contributed by atoms with E-state index in [0.717, 1.165) is 12.1 Å². The predicted molar refractivity (Wildman–Crippen MR) is 105 cm³/mol. The predicted octanol–water partition coefficient (Wildman–Crippen LogP) is 4.82. The number of esters is 1. The number of dihydropyridines is 1. The van der Waals surface area contributed by atoms with E-state index in [1.807, 2.05) is 26.8 Å². The van der Waals surface area contributed by atoms with Gasteiger partial charge in [0.2, 0.25) is 0 Å². The summed E-state index contributed by atoms with van der Waals surface area (Å²) in [5.74, 6) is -3.36. The highest BCUT2D eigenvalue weighted by molar-refractivity contribution is 5.93. The first-order chi connectivity index (χ1) is 14.3. The average molecular weight is 440 g/mol. The third kappa shape index (κ3) is 5.64. The number of alkyl halides is 3. The molecule has 168 valence electrons. The normalized spacial score (nSPS) is 17.4. The van der Waals surface area contributed by atoms with Crippen LogP contribution in [0.2, 0.25) is 0 Å². The van der Waals surface area contributed by atoms with Crippen LogP contribution >= 0.6 is 0 Å². The highest BCUT2D eigenvalue weighted by Crippen LogP contribution is 2.44. The molecule has 0 fully saturated rings. The fraction of sp³-hybridized carbons (Fsp3) is 0.455. The van der Waals surface area contributed by atoms with E-state index in [0.29, 0.717) is 6.07 Å². The van der Waals surface area contributed by atoms with Gasteiger partial charge in [0.15, 0.2) is 0 Å². The van der Waals surface area contributed by atoms with E-state index < -0.39 is 40.4 Å². The van der Waals surface area contributed by atoms with Crippen molar-refractivity contribution in [3.63, 3.8) is 0 Å².